The van der Waals surface area contributed by atoms with Gasteiger partial charge < -0.3 is 15.4 Å². The van der Waals surface area contributed by atoms with Gasteiger partial charge in [-0.15, -0.1) is 0 Å². The van der Waals surface area contributed by atoms with Gasteiger partial charge >= 0.3 is 0 Å². The zero-order chi connectivity index (χ0) is 18.9. The molecule has 5 nitrogen and oxygen atoms in total. The van der Waals surface area contributed by atoms with Gasteiger partial charge in [0.05, 0.1) is 7.11 Å². The molecule has 2 aromatic rings. The molecule has 0 bridgehead atoms. The van der Waals surface area contributed by atoms with Gasteiger partial charge in [-0.05, 0) is 36.8 Å². The van der Waals surface area contributed by atoms with Crippen molar-refractivity contribution in [2.75, 3.05) is 7.11 Å². The molecule has 26 heavy (non-hydrogen) atoms. The summed E-state index contributed by atoms with van der Waals surface area (Å²) >= 11 is 0. The number of rotatable bonds is 7. The molecule has 0 heterocycles. The SMILES string of the molecule is COc1ccc(/C=C/C(=O)NC(C)C(=O)NCc2ccccc2F)cc1. The lowest BCUT2D eigenvalue weighted by Gasteiger charge is -2.13. The molecule has 2 N–H and O–H groups in total. The second-order valence-electron chi connectivity index (χ2n) is 5.65. The van der Waals surface area contributed by atoms with Crippen molar-refractivity contribution in [3.8, 4) is 5.75 Å². The van der Waals surface area contributed by atoms with Gasteiger partial charge in [-0.1, -0.05) is 30.3 Å². The van der Waals surface area contributed by atoms with Crippen molar-refractivity contribution in [2.45, 2.75) is 19.5 Å². The molecule has 0 saturated carbocycles. The summed E-state index contributed by atoms with van der Waals surface area (Å²) in [6.07, 6.45) is 2.99. The van der Waals surface area contributed by atoms with E-state index in [4.69, 9.17) is 4.74 Å². The van der Waals surface area contributed by atoms with Crippen molar-refractivity contribution >= 4 is 17.9 Å². The van der Waals surface area contributed by atoms with E-state index in [1.165, 1.54) is 12.1 Å². The molecule has 1 unspecified atom stereocenters. The highest BCUT2D eigenvalue weighted by Crippen LogP contribution is 2.12. The average Bonchev–Trinajstić information content (AvgIpc) is 2.65. The van der Waals surface area contributed by atoms with Crippen LogP contribution in [0.1, 0.15) is 18.1 Å². The monoisotopic (exact) mass is 356 g/mol. The first kappa shape index (κ1) is 19.2. The van der Waals surface area contributed by atoms with E-state index in [2.05, 4.69) is 10.6 Å². The van der Waals surface area contributed by atoms with Crippen LogP contribution in [0.5, 0.6) is 5.75 Å². The maximum Gasteiger partial charge on any atom is 0.244 e. The number of halogens is 1. The Kier molecular flexibility index (Phi) is 6.91. The normalized spacial score (nSPS) is 11.8. The van der Waals surface area contributed by atoms with Gasteiger partial charge in [0, 0.05) is 18.2 Å². The summed E-state index contributed by atoms with van der Waals surface area (Å²) in [5.41, 5.74) is 1.22. The van der Waals surface area contributed by atoms with E-state index >= 15 is 0 Å². The number of carbonyl (C=O) groups excluding carboxylic acids is 2. The average molecular weight is 356 g/mol. The van der Waals surface area contributed by atoms with Crippen molar-refractivity contribution in [2.24, 2.45) is 0 Å². The van der Waals surface area contributed by atoms with Crippen molar-refractivity contribution < 1.29 is 18.7 Å². The van der Waals surface area contributed by atoms with Gasteiger partial charge in [-0.25, -0.2) is 4.39 Å². The summed E-state index contributed by atoms with van der Waals surface area (Å²) in [5.74, 6) is -0.438. The first-order valence-electron chi connectivity index (χ1n) is 8.13. The topological polar surface area (TPSA) is 67.4 Å². The lowest BCUT2D eigenvalue weighted by Crippen LogP contribution is -2.44. The minimum Gasteiger partial charge on any atom is -0.497 e. The minimum atomic E-state index is -0.741. The summed E-state index contributed by atoms with van der Waals surface area (Å²) in [6, 6.07) is 12.7. The Morgan fingerprint density at radius 3 is 2.50 bits per heavy atom. The molecule has 0 aliphatic heterocycles. The van der Waals surface area contributed by atoms with Crippen LogP contribution < -0.4 is 15.4 Å². The molecule has 0 fully saturated rings. The van der Waals surface area contributed by atoms with Gasteiger partial charge in [0.25, 0.3) is 0 Å². The fraction of sp³-hybridized carbons (Fsp3) is 0.200. The molecule has 0 aliphatic carbocycles. The summed E-state index contributed by atoms with van der Waals surface area (Å²) < 4.78 is 18.6. The summed E-state index contributed by atoms with van der Waals surface area (Å²) in [4.78, 5) is 23.9. The first-order valence-corrected chi connectivity index (χ1v) is 8.13. The van der Waals surface area contributed by atoms with Crippen LogP contribution in [-0.2, 0) is 16.1 Å². The maximum atomic E-state index is 13.5. The Labute approximate surface area is 151 Å². The summed E-state index contributed by atoms with van der Waals surface area (Å²) in [7, 11) is 1.58. The number of nitrogens with one attached hydrogen (secondary N) is 2. The Morgan fingerprint density at radius 1 is 1.15 bits per heavy atom. The maximum absolute atomic E-state index is 13.5. The van der Waals surface area contributed by atoms with Crippen molar-refractivity contribution in [1.29, 1.82) is 0 Å². The predicted octanol–water partition coefficient (Wildman–Crippen LogP) is 2.67. The standard InChI is InChI=1S/C20H21FN2O3/c1-14(20(25)22-13-16-5-3-4-6-18(16)21)23-19(24)12-9-15-7-10-17(26-2)11-8-15/h3-12,14H,13H2,1-2H3,(H,22,25)(H,23,24)/b12-9+. The molecule has 1 atom stereocenters. The highest BCUT2D eigenvalue weighted by molar-refractivity contribution is 5.95. The molecule has 0 aliphatic rings. The van der Waals surface area contributed by atoms with Gasteiger partial charge in [-0.3, -0.25) is 9.59 Å². The lowest BCUT2D eigenvalue weighted by molar-refractivity contribution is -0.126. The highest BCUT2D eigenvalue weighted by atomic mass is 19.1. The van der Waals surface area contributed by atoms with Crippen LogP contribution in [0.15, 0.2) is 54.6 Å². The molecular formula is C20H21FN2O3. The van der Waals surface area contributed by atoms with Crippen molar-refractivity contribution in [3.05, 3.63) is 71.6 Å². The van der Waals surface area contributed by atoms with E-state index in [1.54, 1.807) is 50.4 Å². The lowest BCUT2D eigenvalue weighted by atomic mass is 10.2. The number of carbonyl (C=O) groups is 2. The molecule has 136 valence electrons. The predicted molar refractivity (Wildman–Crippen MR) is 97.9 cm³/mol. The van der Waals surface area contributed by atoms with Crippen LogP contribution in [0.3, 0.4) is 0 Å². The van der Waals surface area contributed by atoms with Crippen LogP contribution in [0.2, 0.25) is 0 Å². The Hall–Kier alpha value is -3.15. The highest BCUT2D eigenvalue weighted by Gasteiger charge is 2.14. The number of benzene rings is 2. The Balaban J connectivity index is 1.82. The van der Waals surface area contributed by atoms with Crippen LogP contribution in [0.4, 0.5) is 4.39 Å². The van der Waals surface area contributed by atoms with E-state index in [-0.39, 0.29) is 18.3 Å². The Bertz CT molecular complexity index is 788. The third kappa shape index (κ3) is 5.73. The molecule has 0 aromatic heterocycles. The molecule has 2 amide bonds. The molecule has 2 aromatic carbocycles. The van der Waals surface area contributed by atoms with Crippen molar-refractivity contribution in [1.82, 2.24) is 10.6 Å². The van der Waals surface area contributed by atoms with E-state index < -0.39 is 11.9 Å². The smallest absolute Gasteiger partial charge is 0.244 e. The molecule has 2 rings (SSSR count). The Morgan fingerprint density at radius 2 is 1.85 bits per heavy atom. The van der Waals surface area contributed by atoms with Crippen molar-refractivity contribution in [3.63, 3.8) is 0 Å². The molecule has 0 radical (unpaired) electrons. The second kappa shape index (κ2) is 9.36. The number of hydrogen-bond donors (Lipinski definition) is 2. The van der Waals surface area contributed by atoms with Crippen LogP contribution in [0.25, 0.3) is 6.08 Å². The van der Waals surface area contributed by atoms with Gasteiger partial charge in [0.15, 0.2) is 0 Å². The molecular weight excluding hydrogens is 335 g/mol. The fourth-order valence-electron chi connectivity index (χ4n) is 2.19. The van der Waals surface area contributed by atoms with Gasteiger partial charge in [0.2, 0.25) is 11.8 Å². The number of amides is 2. The fourth-order valence-corrected chi connectivity index (χ4v) is 2.19. The molecule has 6 heteroatoms. The first-order chi connectivity index (χ1) is 12.5. The largest absolute Gasteiger partial charge is 0.497 e. The van der Waals surface area contributed by atoms with E-state index in [0.29, 0.717) is 5.56 Å². The molecule has 0 spiro atoms. The number of ether oxygens (including phenoxy) is 1. The second-order valence-corrected chi connectivity index (χ2v) is 5.65. The third-order valence-corrected chi connectivity index (χ3v) is 3.71. The zero-order valence-corrected chi connectivity index (χ0v) is 14.7. The van der Waals surface area contributed by atoms with Gasteiger partial charge in [0.1, 0.15) is 17.6 Å². The number of hydrogen-bond acceptors (Lipinski definition) is 3. The summed E-state index contributed by atoms with van der Waals surface area (Å²) in [5, 5.41) is 5.17. The van der Waals surface area contributed by atoms with E-state index in [1.807, 2.05) is 12.1 Å². The summed E-state index contributed by atoms with van der Waals surface area (Å²) in [6.45, 7) is 1.63. The van der Waals surface area contributed by atoms with Crippen LogP contribution in [-0.4, -0.2) is 25.0 Å². The van der Waals surface area contributed by atoms with Crippen LogP contribution in [0, 0.1) is 5.82 Å². The van der Waals surface area contributed by atoms with Crippen LogP contribution >= 0.6 is 0 Å². The van der Waals surface area contributed by atoms with E-state index in [9.17, 15) is 14.0 Å². The quantitative estimate of drug-likeness (QED) is 0.750. The molecule has 0 saturated heterocycles. The third-order valence-electron chi connectivity index (χ3n) is 3.71. The number of methoxy groups -OCH3 is 1. The minimum absolute atomic E-state index is 0.0629. The zero-order valence-electron chi connectivity index (χ0n) is 14.7. The van der Waals surface area contributed by atoms with Gasteiger partial charge in [-0.2, -0.15) is 0 Å². The van der Waals surface area contributed by atoms with E-state index in [0.717, 1.165) is 11.3 Å².